The van der Waals surface area contributed by atoms with E-state index >= 15 is 0 Å². The Morgan fingerprint density at radius 3 is 2.40 bits per heavy atom. The number of anilines is 1. The van der Waals surface area contributed by atoms with Crippen LogP contribution in [0.3, 0.4) is 0 Å². The number of hydrogen-bond acceptors (Lipinski definition) is 3. The van der Waals surface area contributed by atoms with Crippen LogP contribution in [0.15, 0.2) is 16.7 Å². The highest BCUT2D eigenvalue weighted by Gasteiger charge is 2.17. The molecule has 0 aliphatic carbocycles. The van der Waals surface area contributed by atoms with E-state index in [0.29, 0.717) is 6.04 Å². The summed E-state index contributed by atoms with van der Waals surface area (Å²) in [5.41, 5.74) is 1.34. The molecule has 0 saturated carbocycles. The predicted octanol–water partition coefficient (Wildman–Crippen LogP) is 4.36. The smallest absolute Gasteiger partial charge is 0.133 e. The summed E-state index contributed by atoms with van der Waals surface area (Å²) >= 11 is 3.53. The van der Waals surface area contributed by atoms with Crippen LogP contribution in [0.4, 0.5) is 5.82 Å². The Bertz CT molecular complexity index is 422. The molecule has 0 spiro atoms. The molecule has 1 rings (SSSR count). The number of nitrogens with one attached hydrogen (secondary N) is 1. The number of rotatable bonds is 6. The second-order valence-corrected chi connectivity index (χ2v) is 7.24. The highest BCUT2D eigenvalue weighted by molar-refractivity contribution is 9.10. The maximum absolute atomic E-state index is 4.63. The molecule has 0 unspecified atom stereocenters. The fourth-order valence-electron chi connectivity index (χ4n) is 2.29. The Morgan fingerprint density at radius 2 is 1.90 bits per heavy atom. The monoisotopic (exact) mass is 341 g/mol. The van der Waals surface area contributed by atoms with E-state index in [0.717, 1.165) is 29.7 Å². The summed E-state index contributed by atoms with van der Waals surface area (Å²) in [5.74, 6) is 1.08. The molecule has 1 aromatic rings. The minimum atomic E-state index is 0.104. The fourth-order valence-corrected chi connectivity index (χ4v) is 2.67. The number of aromatic nitrogens is 1. The summed E-state index contributed by atoms with van der Waals surface area (Å²) < 4.78 is 1.03. The number of nitrogens with zero attached hydrogens (tertiary/aromatic N) is 2. The van der Waals surface area contributed by atoms with Gasteiger partial charge >= 0.3 is 0 Å². The van der Waals surface area contributed by atoms with E-state index in [9.17, 15) is 0 Å². The van der Waals surface area contributed by atoms with Gasteiger partial charge in [-0.15, -0.1) is 0 Å². The highest BCUT2D eigenvalue weighted by atomic mass is 79.9. The van der Waals surface area contributed by atoms with Crippen LogP contribution in [-0.2, 0) is 6.54 Å². The molecule has 20 heavy (non-hydrogen) atoms. The molecule has 0 aromatic carbocycles. The zero-order valence-corrected chi connectivity index (χ0v) is 15.2. The summed E-state index contributed by atoms with van der Waals surface area (Å²) in [6.45, 7) is 11.8. The number of hydrogen-bond donors (Lipinski definition) is 1. The summed E-state index contributed by atoms with van der Waals surface area (Å²) in [6.07, 6.45) is 4.16. The molecule has 0 amide bonds. The summed E-state index contributed by atoms with van der Waals surface area (Å²) in [6, 6.07) is 2.71. The van der Waals surface area contributed by atoms with Gasteiger partial charge < -0.3 is 10.2 Å². The van der Waals surface area contributed by atoms with Gasteiger partial charge in [-0.1, -0.05) is 13.8 Å². The summed E-state index contributed by atoms with van der Waals surface area (Å²) in [5, 5.41) is 3.55. The van der Waals surface area contributed by atoms with Crippen LogP contribution >= 0.6 is 15.9 Å². The van der Waals surface area contributed by atoms with Crippen LogP contribution in [0, 0.1) is 0 Å². The molecule has 114 valence electrons. The Balaban J connectivity index is 3.00. The molecule has 0 atom stereocenters. The van der Waals surface area contributed by atoms with E-state index < -0.39 is 0 Å². The van der Waals surface area contributed by atoms with Crippen molar-refractivity contribution in [1.29, 1.82) is 0 Å². The fraction of sp³-hybridized carbons (Fsp3) is 0.688. The van der Waals surface area contributed by atoms with Gasteiger partial charge in [0, 0.05) is 41.4 Å². The molecule has 1 N–H and O–H groups in total. The van der Waals surface area contributed by atoms with Gasteiger partial charge in [0.2, 0.25) is 0 Å². The summed E-state index contributed by atoms with van der Waals surface area (Å²) in [4.78, 5) is 6.95. The molecule has 1 aromatic heterocycles. The first-order chi connectivity index (χ1) is 9.28. The van der Waals surface area contributed by atoms with Crippen molar-refractivity contribution in [3.8, 4) is 0 Å². The van der Waals surface area contributed by atoms with Crippen molar-refractivity contribution >= 4 is 21.7 Å². The van der Waals surface area contributed by atoms with E-state index in [1.807, 2.05) is 6.20 Å². The van der Waals surface area contributed by atoms with Crippen molar-refractivity contribution < 1.29 is 0 Å². The van der Waals surface area contributed by atoms with E-state index in [4.69, 9.17) is 0 Å². The highest BCUT2D eigenvalue weighted by Crippen LogP contribution is 2.24. The van der Waals surface area contributed by atoms with Crippen LogP contribution < -0.4 is 10.2 Å². The Kier molecular flexibility index (Phi) is 6.46. The third kappa shape index (κ3) is 5.06. The SMILES string of the molecule is CCC(CC)N(C)c1ncc(Br)cc1CNC(C)(C)C. The van der Waals surface area contributed by atoms with Gasteiger partial charge in [0.25, 0.3) is 0 Å². The van der Waals surface area contributed by atoms with Crippen molar-refractivity contribution in [1.82, 2.24) is 10.3 Å². The standard InChI is InChI=1S/C16H28BrN3/c1-7-14(8-2)20(6)15-12(9-13(17)11-18-15)10-19-16(3,4)5/h9,11,14,19H,7-8,10H2,1-6H3. The molecule has 4 heteroatoms. The maximum atomic E-state index is 4.63. The third-order valence-electron chi connectivity index (χ3n) is 3.54. The average molecular weight is 342 g/mol. The van der Waals surface area contributed by atoms with Crippen molar-refractivity contribution in [2.75, 3.05) is 11.9 Å². The molecule has 0 aliphatic heterocycles. The molecule has 0 bridgehead atoms. The zero-order chi connectivity index (χ0) is 15.3. The first kappa shape index (κ1) is 17.4. The van der Waals surface area contributed by atoms with Crippen LogP contribution in [-0.4, -0.2) is 23.6 Å². The minimum absolute atomic E-state index is 0.104. The van der Waals surface area contributed by atoms with Gasteiger partial charge in [0.05, 0.1) is 0 Å². The number of halogens is 1. The molecule has 0 fully saturated rings. The molecule has 1 heterocycles. The van der Waals surface area contributed by atoms with Gasteiger partial charge in [-0.3, -0.25) is 0 Å². The third-order valence-corrected chi connectivity index (χ3v) is 3.98. The van der Waals surface area contributed by atoms with Crippen molar-refractivity contribution in [2.45, 2.75) is 65.6 Å². The van der Waals surface area contributed by atoms with E-state index in [2.05, 4.69) is 78.9 Å². The van der Waals surface area contributed by atoms with Gasteiger partial charge in [0.1, 0.15) is 5.82 Å². The minimum Gasteiger partial charge on any atom is -0.356 e. The molecular formula is C16H28BrN3. The summed E-state index contributed by atoms with van der Waals surface area (Å²) in [7, 11) is 2.15. The normalized spacial score (nSPS) is 12.0. The van der Waals surface area contributed by atoms with E-state index in [1.165, 1.54) is 5.56 Å². The second kappa shape index (κ2) is 7.41. The van der Waals surface area contributed by atoms with Crippen LogP contribution in [0.5, 0.6) is 0 Å². The van der Waals surface area contributed by atoms with Crippen LogP contribution in [0.25, 0.3) is 0 Å². The molecule has 0 aliphatic rings. The van der Waals surface area contributed by atoms with Crippen molar-refractivity contribution in [3.63, 3.8) is 0 Å². The Hall–Kier alpha value is -0.610. The van der Waals surface area contributed by atoms with Gasteiger partial charge in [-0.05, 0) is 55.6 Å². The molecule has 0 radical (unpaired) electrons. The quantitative estimate of drug-likeness (QED) is 0.833. The zero-order valence-electron chi connectivity index (χ0n) is 13.6. The van der Waals surface area contributed by atoms with E-state index in [1.54, 1.807) is 0 Å². The molecular weight excluding hydrogens is 314 g/mol. The first-order valence-electron chi connectivity index (χ1n) is 7.40. The lowest BCUT2D eigenvalue weighted by molar-refractivity contribution is 0.423. The number of pyridine rings is 1. The van der Waals surface area contributed by atoms with Crippen molar-refractivity contribution in [3.05, 3.63) is 22.3 Å². The Morgan fingerprint density at radius 1 is 1.30 bits per heavy atom. The van der Waals surface area contributed by atoms with Gasteiger partial charge in [-0.25, -0.2) is 4.98 Å². The van der Waals surface area contributed by atoms with Crippen LogP contribution in [0.2, 0.25) is 0 Å². The van der Waals surface area contributed by atoms with Crippen molar-refractivity contribution in [2.24, 2.45) is 0 Å². The lowest BCUT2D eigenvalue weighted by atomic mass is 10.1. The maximum Gasteiger partial charge on any atom is 0.133 e. The predicted molar refractivity (Wildman–Crippen MR) is 91.3 cm³/mol. The lowest BCUT2D eigenvalue weighted by Crippen LogP contribution is -2.37. The van der Waals surface area contributed by atoms with Gasteiger partial charge in [-0.2, -0.15) is 0 Å². The largest absolute Gasteiger partial charge is 0.356 e. The van der Waals surface area contributed by atoms with Crippen LogP contribution in [0.1, 0.15) is 53.0 Å². The topological polar surface area (TPSA) is 28.2 Å². The first-order valence-corrected chi connectivity index (χ1v) is 8.20. The molecule has 3 nitrogen and oxygen atoms in total. The average Bonchev–Trinajstić information content (AvgIpc) is 2.37. The van der Waals surface area contributed by atoms with E-state index in [-0.39, 0.29) is 5.54 Å². The van der Waals surface area contributed by atoms with Gasteiger partial charge in [0.15, 0.2) is 0 Å². The Labute approximate surface area is 132 Å². The second-order valence-electron chi connectivity index (χ2n) is 6.32. The lowest BCUT2D eigenvalue weighted by Gasteiger charge is -2.30. The molecule has 0 saturated heterocycles.